The van der Waals surface area contributed by atoms with Gasteiger partial charge in [-0.25, -0.2) is 0 Å². The van der Waals surface area contributed by atoms with Gasteiger partial charge in [-0.2, -0.15) is 5.26 Å². The zero-order chi connectivity index (χ0) is 10.4. The lowest BCUT2D eigenvalue weighted by molar-refractivity contribution is 0.170. The van der Waals surface area contributed by atoms with Crippen LogP contribution in [0.3, 0.4) is 0 Å². The van der Waals surface area contributed by atoms with E-state index < -0.39 is 6.10 Å². The van der Waals surface area contributed by atoms with Gasteiger partial charge in [0, 0.05) is 5.02 Å². The van der Waals surface area contributed by atoms with E-state index in [1.165, 1.54) is 0 Å². The molecule has 3 heteroatoms. The van der Waals surface area contributed by atoms with E-state index in [0.717, 1.165) is 12.0 Å². The van der Waals surface area contributed by atoms with Gasteiger partial charge >= 0.3 is 0 Å². The van der Waals surface area contributed by atoms with Crippen LogP contribution in [0, 0.1) is 11.3 Å². The van der Waals surface area contributed by atoms with Crippen molar-refractivity contribution >= 4 is 11.6 Å². The smallest absolute Gasteiger partial charge is 0.0673 e. The summed E-state index contributed by atoms with van der Waals surface area (Å²) >= 11 is 5.73. The van der Waals surface area contributed by atoms with E-state index in [4.69, 9.17) is 16.9 Å². The Labute approximate surface area is 88.7 Å². The Bertz CT molecular complexity index is 315. The number of halogens is 1. The monoisotopic (exact) mass is 209 g/mol. The summed E-state index contributed by atoms with van der Waals surface area (Å²) in [5.74, 6) is 0. The minimum atomic E-state index is -0.518. The molecular weight excluding hydrogens is 198 g/mol. The Morgan fingerprint density at radius 3 is 2.57 bits per heavy atom. The van der Waals surface area contributed by atoms with Crippen molar-refractivity contribution in [1.82, 2.24) is 0 Å². The van der Waals surface area contributed by atoms with Crippen LogP contribution < -0.4 is 0 Å². The van der Waals surface area contributed by atoms with E-state index in [2.05, 4.69) is 0 Å². The van der Waals surface area contributed by atoms with Crippen LogP contribution in [-0.2, 0) is 6.42 Å². The minimum Gasteiger partial charge on any atom is -0.392 e. The number of aliphatic hydroxyl groups is 1. The second-order valence-corrected chi connectivity index (χ2v) is 3.62. The topological polar surface area (TPSA) is 44.0 Å². The third-order valence-electron chi connectivity index (χ3n) is 2.01. The maximum Gasteiger partial charge on any atom is 0.0673 e. The van der Waals surface area contributed by atoms with Crippen molar-refractivity contribution in [3.8, 4) is 6.07 Å². The van der Waals surface area contributed by atoms with Crippen LogP contribution in [0.25, 0.3) is 0 Å². The number of hydrogen-bond donors (Lipinski definition) is 1. The lowest BCUT2D eigenvalue weighted by atomic mass is 10.1. The SMILES string of the molecule is N#CCC(O)CCc1ccc(Cl)cc1. The van der Waals surface area contributed by atoms with Gasteiger partial charge in [-0.3, -0.25) is 0 Å². The Morgan fingerprint density at radius 2 is 2.00 bits per heavy atom. The van der Waals surface area contributed by atoms with Gasteiger partial charge in [0.2, 0.25) is 0 Å². The molecule has 0 aliphatic carbocycles. The molecular formula is C11H12ClNO. The van der Waals surface area contributed by atoms with E-state index in [1.54, 1.807) is 0 Å². The van der Waals surface area contributed by atoms with Gasteiger partial charge in [0.05, 0.1) is 18.6 Å². The molecule has 0 aliphatic heterocycles. The third-order valence-corrected chi connectivity index (χ3v) is 2.26. The fraction of sp³-hybridized carbons (Fsp3) is 0.364. The summed E-state index contributed by atoms with van der Waals surface area (Å²) in [4.78, 5) is 0. The molecule has 1 unspecified atom stereocenters. The quantitative estimate of drug-likeness (QED) is 0.828. The van der Waals surface area contributed by atoms with Crippen molar-refractivity contribution in [3.63, 3.8) is 0 Å². The molecule has 0 spiro atoms. The fourth-order valence-corrected chi connectivity index (χ4v) is 1.32. The average molecular weight is 210 g/mol. The highest BCUT2D eigenvalue weighted by Gasteiger charge is 2.03. The molecule has 0 bridgehead atoms. The van der Waals surface area contributed by atoms with E-state index >= 15 is 0 Å². The Balaban J connectivity index is 2.39. The second-order valence-electron chi connectivity index (χ2n) is 3.18. The number of nitriles is 1. The Hall–Kier alpha value is -1.04. The number of aryl methyl sites for hydroxylation is 1. The van der Waals surface area contributed by atoms with Crippen LogP contribution in [0.4, 0.5) is 0 Å². The molecule has 0 heterocycles. The van der Waals surface area contributed by atoms with Crippen molar-refractivity contribution in [1.29, 1.82) is 5.26 Å². The highest BCUT2D eigenvalue weighted by atomic mass is 35.5. The normalized spacial score (nSPS) is 12.1. The van der Waals surface area contributed by atoms with Crippen molar-refractivity contribution in [2.75, 3.05) is 0 Å². The predicted octanol–water partition coefficient (Wildman–Crippen LogP) is 2.55. The maximum atomic E-state index is 9.32. The van der Waals surface area contributed by atoms with Crippen molar-refractivity contribution in [2.24, 2.45) is 0 Å². The number of nitrogens with zero attached hydrogens (tertiary/aromatic N) is 1. The van der Waals surface area contributed by atoms with Crippen LogP contribution in [0.15, 0.2) is 24.3 Å². The van der Waals surface area contributed by atoms with Crippen molar-refractivity contribution in [3.05, 3.63) is 34.9 Å². The van der Waals surface area contributed by atoms with Gasteiger partial charge in [0.25, 0.3) is 0 Å². The lowest BCUT2D eigenvalue weighted by Gasteiger charge is -2.05. The number of hydrogen-bond acceptors (Lipinski definition) is 2. The van der Waals surface area contributed by atoms with Crippen LogP contribution in [0.2, 0.25) is 5.02 Å². The van der Waals surface area contributed by atoms with Gasteiger partial charge in [-0.1, -0.05) is 23.7 Å². The summed E-state index contributed by atoms with van der Waals surface area (Å²) in [5, 5.41) is 18.4. The fourth-order valence-electron chi connectivity index (χ4n) is 1.19. The first-order chi connectivity index (χ1) is 6.72. The van der Waals surface area contributed by atoms with Crippen molar-refractivity contribution in [2.45, 2.75) is 25.4 Å². The maximum absolute atomic E-state index is 9.32. The minimum absolute atomic E-state index is 0.202. The standard InChI is InChI=1S/C11H12ClNO/c12-10-4-1-9(2-5-10)3-6-11(14)7-8-13/h1-2,4-5,11,14H,3,6-7H2. The van der Waals surface area contributed by atoms with E-state index in [-0.39, 0.29) is 6.42 Å². The highest BCUT2D eigenvalue weighted by molar-refractivity contribution is 6.30. The van der Waals surface area contributed by atoms with E-state index in [1.807, 2.05) is 30.3 Å². The molecule has 0 amide bonds. The molecule has 0 saturated carbocycles. The first kappa shape index (κ1) is 11.0. The molecule has 0 fully saturated rings. The van der Waals surface area contributed by atoms with Gasteiger partial charge in [0.1, 0.15) is 0 Å². The summed E-state index contributed by atoms with van der Waals surface area (Å²) in [6.45, 7) is 0. The highest BCUT2D eigenvalue weighted by Crippen LogP contribution is 2.12. The molecule has 0 radical (unpaired) electrons. The molecule has 0 saturated heterocycles. The molecule has 0 aliphatic rings. The number of benzene rings is 1. The van der Waals surface area contributed by atoms with Gasteiger partial charge < -0.3 is 5.11 Å². The molecule has 14 heavy (non-hydrogen) atoms. The van der Waals surface area contributed by atoms with Crippen LogP contribution in [0.5, 0.6) is 0 Å². The second kappa shape index (κ2) is 5.64. The molecule has 2 nitrogen and oxygen atoms in total. The Kier molecular flexibility index (Phi) is 4.45. The number of aliphatic hydroxyl groups excluding tert-OH is 1. The van der Waals surface area contributed by atoms with Gasteiger partial charge in [0.15, 0.2) is 0 Å². The molecule has 1 rings (SSSR count). The summed E-state index contributed by atoms with van der Waals surface area (Å²) in [5.41, 5.74) is 1.13. The molecule has 1 aromatic carbocycles. The van der Waals surface area contributed by atoms with Gasteiger partial charge in [-0.05, 0) is 30.5 Å². The molecule has 74 valence electrons. The summed E-state index contributed by atoms with van der Waals surface area (Å²) in [6, 6.07) is 9.46. The Morgan fingerprint density at radius 1 is 1.36 bits per heavy atom. The molecule has 0 aromatic heterocycles. The average Bonchev–Trinajstić information content (AvgIpc) is 2.17. The predicted molar refractivity (Wildman–Crippen MR) is 56.0 cm³/mol. The molecule has 1 N–H and O–H groups in total. The summed E-state index contributed by atoms with van der Waals surface area (Å²) < 4.78 is 0. The van der Waals surface area contributed by atoms with E-state index in [9.17, 15) is 5.11 Å². The third kappa shape index (κ3) is 3.78. The number of rotatable bonds is 4. The first-order valence-electron chi connectivity index (χ1n) is 4.52. The molecule has 1 atom stereocenters. The zero-order valence-corrected chi connectivity index (χ0v) is 8.54. The van der Waals surface area contributed by atoms with Crippen molar-refractivity contribution < 1.29 is 5.11 Å². The summed E-state index contributed by atoms with van der Waals surface area (Å²) in [6.07, 6.45) is 1.08. The molecule has 1 aromatic rings. The van der Waals surface area contributed by atoms with Crippen LogP contribution in [0.1, 0.15) is 18.4 Å². The van der Waals surface area contributed by atoms with Gasteiger partial charge in [-0.15, -0.1) is 0 Å². The largest absolute Gasteiger partial charge is 0.392 e. The van der Waals surface area contributed by atoms with Crippen LogP contribution in [-0.4, -0.2) is 11.2 Å². The van der Waals surface area contributed by atoms with E-state index in [0.29, 0.717) is 11.4 Å². The summed E-state index contributed by atoms with van der Waals surface area (Å²) in [7, 11) is 0. The zero-order valence-electron chi connectivity index (χ0n) is 7.78. The first-order valence-corrected chi connectivity index (χ1v) is 4.89. The van der Waals surface area contributed by atoms with Crippen LogP contribution >= 0.6 is 11.6 Å². The lowest BCUT2D eigenvalue weighted by Crippen LogP contribution is -2.06.